The summed E-state index contributed by atoms with van der Waals surface area (Å²) in [6.07, 6.45) is 4.06. The minimum absolute atomic E-state index is 0.0798. The molecule has 0 radical (unpaired) electrons. The molecule has 3 nitrogen and oxygen atoms in total. The minimum atomic E-state index is -0.869. The molecule has 4 heteroatoms. The van der Waals surface area contributed by atoms with E-state index in [2.05, 4.69) is 5.32 Å². The molecule has 2 N–H and O–H groups in total. The molecule has 1 atom stereocenters. The number of halogens is 1. The second-order valence-corrected chi connectivity index (χ2v) is 6.94. The molecule has 1 aliphatic heterocycles. The zero-order valence-corrected chi connectivity index (χ0v) is 13.6. The molecule has 4 rings (SSSR count). The van der Waals surface area contributed by atoms with Gasteiger partial charge in [0.25, 0.3) is 0 Å². The van der Waals surface area contributed by atoms with Crippen molar-refractivity contribution >= 4 is 11.6 Å². The Bertz CT molecular complexity index is 809. The monoisotopic (exact) mass is 325 g/mol. The first-order valence-corrected chi connectivity index (χ1v) is 8.45. The molecule has 24 heavy (non-hydrogen) atoms. The van der Waals surface area contributed by atoms with Gasteiger partial charge in [-0.3, -0.25) is 4.79 Å². The van der Waals surface area contributed by atoms with Crippen molar-refractivity contribution in [2.24, 2.45) is 5.92 Å². The third kappa shape index (κ3) is 1.98. The predicted octanol–water partition coefficient (Wildman–Crippen LogP) is 4.27. The lowest BCUT2D eigenvalue weighted by atomic mass is 9.65. The first-order valence-electron chi connectivity index (χ1n) is 8.45. The average molecular weight is 325 g/mol. The Morgan fingerprint density at radius 1 is 1.17 bits per heavy atom. The van der Waals surface area contributed by atoms with Crippen LogP contribution >= 0.6 is 0 Å². The fourth-order valence-electron chi connectivity index (χ4n) is 4.57. The highest BCUT2D eigenvalue weighted by molar-refractivity contribution is 6.09. The zero-order valence-electron chi connectivity index (χ0n) is 13.6. The molecule has 1 heterocycles. The lowest BCUT2D eigenvalue weighted by Gasteiger charge is -2.34. The summed E-state index contributed by atoms with van der Waals surface area (Å²) in [6, 6.07) is 9.75. The number of amides is 1. The Kier molecular flexibility index (Phi) is 3.37. The van der Waals surface area contributed by atoms with Crippen LogP contribution in [0.4, 0.5) is 10.1 Å². The second-order valence-electron chi connectivity index (χ2n) is 6.94. The standard InChI is InChI=1S/C20H20FNO2/c1-12-10-15(21)11-17-18(12)22-19(24)20(17,13-4-2-3-5-13)14-6-8-16(23)9-7-14/h6-11,13,23H,2-5H2,1H3,(H,22,24). The molecule has 0 saturated heterocycles. The minimum Gasteiger partial charge on any atom is -0.508 e. The van der Waals surface area contributed by atoms with Gasteiger partial charge in [0.05, 0.1) is 0 Å². The first kappa shape index (κ1) is 15.2. The highest BCUT2D eigenvalue weighted by Gasteiger charge is 2.54. The molecule has 1 saturated carbocycles. The topological polar surface area (TPSA) is 49.3 Å². The number of carbonyl (C=O) groups excluding carboxylic acids is 1. The van der Waals surface area contributed by atoms with Gasteiger partial charge in [-0.05, 0) is 66.6 Å². The van der Waals surface area contributed by atoms with Gasteiger partial charge in [-0.2, -0.15) is 0 Å². The Hall–Kier alpha value is -2.36. The van der Waals surface area contributed by atoms with E-state index >= 15 is 0 Å². The summed E-state index contributed by atoms with van der Waals surface area (Å²) in [5, 5.41) is 12.6. The SMILES string of the molecule is Cc1cc(F)cc2c1NC(=O)C2(c1ccc(O)cc1)C1CCCC1. The summed E-state index contributed by atoms with van der Waals surface area (Å²) >= 11 is 0. The number of phenolic OH excluding ortho intramolecular Hbond substituents is 1. The summed E-state index contributed by atoms with van der Waals surface area (Å²) < 4.78 is 14.2. The molecular formula is C20H20FNO2. The van der Waals surface area contributed by atoms with Crippen LogP contribution in [-0.2, 0) is 10.2 Å². The van der Waals surface area contributed by atoms with E-state index in [-0.39, 0.29) is 23.4 Å². The Balaban J connectivity index is 2.01. The number of fused-ring (bicyclic) bond motifs is 1. The molecule has 2 aromatic rings. The van der Waals surface area contributed by atoms with Gasteiger partial charge >= 0.3 is 0 Å². The number of aromatic hydroxyl groups is 1. The molecule has 1 unspecified atom stereocenters. The van der Waals surface area contributed by atoms with Crippen LogP contribution in [0.15, 0.2) is 36.4 Å². The van der Waals surface area contributed by atoms with E-state index in [4.69, 9.17) is 0 Å². The quantitative estimate of drug-likeness (QED) is 0.866. The molecule has 0 spiro atoms. The number of phenols is 1. The highest BCUT2D eigenvalue weighted by atomic mass is 19.1. The summed E-state index contributed by atoms with van der Waals surface area (Å²) in [4.78, 5) is 13.2. The molecule has 1 aliphatic carbocycles. The van der Waals surface area contributed by atoms with E-state index in [1.807, 2.05) is 6.92 Å². The number of aryl methyl sites for hydroxylation is 1. The number of benzene rings is 2. The zero-order chi connectivity index (χ0) is 16.9. The van der Waals surface area contributed by atoms with Crippen LogP contribution in [0.5, 0.6) is 5.75 Å². The molecular weight excluding hydrogens is 305 g/mol. The van der Waals surface area contributed by atoms with Crippen LogP contribution in [0.2, 0.25) is 0 Å². The van der Waals surface area contributed by atoms with Gasteiger partial charge in [-0.25, -0.2) is 4.39 Å². The first-order chi connectivity index (χ1) is 11.5. The Morgan fingerprint density at radius 3 is 2.50 bits per heavy atom. The van der Waals surface area contributed by atoms with E-state index in [1.165, 1.54) is 12.1 Å². The van der Waals surface area contributed by atoms with E-state index in [9.17, 15) is 14.3 Å². The maximum absolute atomic E-state index is 14.2. The Morgan fingerprint density at radius 2 is 1.83 bits per heavy atom. The van der Waals surface area contributed by atoms with Crippen molar-refractivity contribution in [2.75, 3.05) is 5.32 Å². The van der Waals surface area contributed by atoms with Gasteiger partial charge < -0.3 is 10.4 Å². The van der Waals surface area contributed by atoms with Crippen LogP contribution in [0.1, 0.15) is 42.4 Å². The summed E-state index contributed by atoms with van der Waals surface area (Å²) in [7, 11) is 0. The fraction of sp³-hybridized carbons (Fsp3) is 0.350. The largest absolute Gasteiger partial charge is 0.508 e. The molecule has 0 aromatic heterocycles. The summed E-state index contributed by atoms with van der Waals surface area (Å²) in [5.41, 5.74) is 2.18. The number of nitrogens with one attached hydrogen (secondary N) is 1. The molecule has 1 fully saturated rings. The maximum Gasteiger partial charge on any atom is 0.239 e. The van der Waals surface area contributed by atoms with Gasteiger partial charge in [0.15, 0.2) is 0 Å². The van der Waals surface area contributed by atoms with Crippen molar-refractivity contribution in [1.82, 2.24) is 0 Å². The predicted molar refractivity (Wildman–Crippen MR) is 90.6 cm³/mol. The van der Waals surface area contributed by atoms with Crippen molar-refractivity contribution in [3.8, 4) is 5.75 Å². The normalized spacial score (nSPS) is 23.3. The highest BCUT2D eigenvalue weighted by Crippen LogP contribution is 2.53. The molecule has 2 aliphatic rings. The number of rotatable bonds is 2. The van der Waals surface area contributed by atoms with Crippen molar-refractivity contribution in [3.63, 3.8) is 0 Å². The number of carbonyl (C=O) groups is 1. The lowest BCUT2D eigenvalue weighted by Crippen LogP contribution is -2.42. The number of hydrogen-bond donors (Lipinski definition) is 2. The Labute approximate surface area is 140 Å². The van der Waals surface area contributed by atoms with Crippen LogP contribution in [0.3, 0.4) is 0 Å². The third-order valence-electron chi connectivity index (χ3n) is 5.61. The fourth-order valence-corrected chi connectivity index (χ4v) is 4.57. The second kappa shape index (κ2) is 5.33. The van der Waals surface area contributed by atoms with Crippen molar-refractivity contribution in [1.29, 1.82) is 0 Å². The van der Waals surface area contributed by atoms with Crippen LogP contribution < -0.4 is 5.32 Å². The van der Waals surface area contributed by atoms with Gasteiger partial charge in [0, 0.05) is 5.69 Å². The smallest absolute Gasteiger partial charge is 0.239 e. The van der Waals surface area contributed by atoms with E-state index in [0.29, 0.717) is 0 Å². The maximum atomic E-state index is 14.2. The third-order valence-corrected chi connectivity index (χ3v) is 5.61. The average Bonchev–Trinajstić information content (AvgIpc) is 3.15. The molecule has 1 amide bonds. The van der Waals surface area contributed by atoms with Gasteiger partial charge in [0.1, 0.15) is 17.0 Å². The lowest BCUT2D eigenvalue weighted by molar-refractivity contribution is -0.121. The van der Waals surface area contributed by atoms with Crippen molar-refractivity contribution < 1.29 is 14.3 Å². The van der Waals surface area contributed by atoms with Gasteiger partial charge in [-0.15, -0.1) is 0 Å². The number of hydrogen-bond acceptors (Lipinski definition) is 2. The van der Waals surface area contributed by atoms with E-state index in [1.54, 1.807) is 24.3 Å². The van der Waals surface area contributed by atoms with Crippen LogP contribution in [-0.4, -0.2) is 11.0 Å². The van der Waals surface area contributed by atoms with Crippen LogP contribution in [0, 0.1) is 18.7 Å². The molecule has 2 aromatic carbocycles. The van der Waals surface area contributed by atoms with Gasteiger partial charge in [0.2, 0.25) is 5.91 Å². The van der Waals surface area contributed by atoms with Crippen molar-refractivity contribution in [2.45, 2.75) is 38.0 Å². The summed E-state index contributed by atoms with van der Waals surface area (Å²) in [5.74, 6) is -0.0912. The van der Waals surface area contributed by atoms with E-state index < -0.39 is 5.41 Å². The summed E-state index contributed by atoms with van der Waals surface area (Å²) in [6.45, 7) is 1.82. The van der Waals surface area contributed by atoms with E-state index in [0.717, 1.165) is 48.1 Å². The van der Waals surface area contributed by atoms with Crippen LogP contribution in [0.25, 0.3) is 0 Å². The van der Waals surface area contributed by atoms with Gasteiger partial charge in [-0.1, -0.05) is 25.0 Å². The number of anilines is 1. The molecule has 0 bridgehead atoms. The molecule has 124 valence electrons. The van der Waals surface area contributed by atoms with Crippen molar-refractivity contribution in [3.05, 3.63) is 58.9 Å².